The van der Waals surface area contributed by atoms with Gasteiger partial charge in [0, 0.05) is 12.8 Å². The second kappa shape index (κ2) is 8.73. The van der Waals surface area contributed by atoms with Crippen LogP contribution in [0.4, 0.5) is 0 Å². The van der Waals surface area contributed by atoms with Gasteiger partial charge in [0.15, 0.2) is 11.1 Å². The van der Waals surface area contributed by atoms with Gasteiger partial charge in [-0.15, -0.1) is 0 Å². The molecule has 120 valence electrons. The molecule has 0 aromatic carbocycles. The van der Waals surface area contributed by atoms with Crippen LogP contribution in [-0.4, -0.2) is 33.2 Å². The molecule has 0 bridgehead atoms. The number of nitrogens with zero attached hydrogens (tertiary/aromatic N) is 4. The van der Waals surface area contributed by atoms with Crippen molar-refractivity contribution in [2.45, 2.75) is 63.5 Å². The zero-order chi connectivity index (χ0) is 17.2. The minimum atomic E-state index is -1.19. The van der Waals surface area contributed by atoms with Crippen molar-refractivity contribution in [1.29, 1.82) is 10.5 Å². The Hall–Kier alpha value is -2.48. The summed E-state index contributed by atoms with van der Waals surface area (Å²) in [5.74, 6) is -1.90. The Balaban J connectivity index is 4.76. The van der Waals surface area contributed by atoms with Gasteiger partial charge in [0.25, 0.3) is 0 Å². The fourth-order valence-corrected chi connectivity index (χ4v) is 1.64. The van der Waals surface area contributed by atoms with E-state index in [9.17, 15) is 9.59 Å². The number of nitriles is 2. The van der Waals surface area contributed by atoms with E-state index in [4.69, 9.17) is 20.7 Å². The largest absolute Gasteiger partial charge is 0.481 e. The van der Waals surface area contributed by atoms with Gasteiger partial charge in [-0.3, -0.25) is 9.59 Å². The number of carboxylic acid groups (broad SMARTS) is 2. The van der Waals surface area contributed by atoms with Crippen LogP contribution in [0.25, 0.3) is 0 Å². The molecule has 0 aromatic rings. The smallest absolute Gasteiger partial charge is 0.303 e. The van der Waals surface area contributed by atoms with Crippen LogP contribution in [-0.2, 0) is 9.59 Å². The summed E-state index contributed by atoms with van der Waals surface area (Å²) < 4.78 is 0. The summed E-state index contributed by atoms with van der Waals surface area (Å²) >= 11 is 0. The van der Waals surface area contributed by atoms with Crippen LogP contribution in [0.1, 0.15) is 52.4 Å². The Bertz CT molecular complexity index is 474. The molecule has 0 radical (unpaired) electrons. The van der Waals surface area contributed by atoms with E-state index in [1.54, 1.807) is 0 Å². The van der Waals surface area contributed by atoms with Crippen LogP contribution < -0.4 is 0 Å². The van der Waals surface area contributed by atoms with Crippen LogP contribution in [0.15, 0.2) is 10.2 Å². The lowest BCUT2D eigenvalue weighted by Gasteiger charge is -2.19. The zero-order valence-electron chi connectivity index (χ0n) is 12.7. The van der Waals surface area contributed by atoms with Crippen LogP contribution in [0.2, 0.25) is 0 Å². The van der Waals surface area contributed by atoms with E-state index in [1.807, 2.05) is 12.1 Å². The minimum absolute atomic E-state index is 0.0685. The topological polar surface area (TPSA) is 147 Å². The molecule has 8 heteroatoms. The molecule has 0 fully saturated rings. The van der Waals surface area contributed by atoms with Crippen molar-refractivity contribution in [3.05, 3.63) is 0 Å². The molecule has 2 unspecified atom stereocenters. The zero-order valence-corrected chi connectivity index (χ0v) is 12.7. The van der Waals surface area contributed by atoms with Crippen LogP contribution in [0, 0.1) is 22.7 Å². The quantitative estimate of drug-likeness (QED) is 0.592. The van der Waals surface area contributed by atoms with Gasteiger partial charge in [-0.1, -0.05) is 0 Å². The van der Waals surface area contributed by atoms with Crippen LogP contribution in [0.5, 0.6) is 0 Å². The first-order valence-corrected chi connectivity index (χ1v) is 6.86. The molecule has 0 aliphatic heterocycles. The Morgan fingerprint density at radius 2 is 1.23 bits per heavy atom. The van der Waals surface area contributed by atoms with Crippen molar-refractivity contribution < 1.29 is 19.8 Å². The Kier molecular flexibility index (Phi) is 7.74. The second-order valence-electron chi connectivity index (χ2n) is 5.47. The third-order valence-corrected chi connectivity index (χ3v) is 3.08. The summed E-state index contributed by atoms with van der Waals surface area (Å²) in [5, 5.41) is 43.3. The van der Waals surface area contributed by atoms with Gasteiger partial charge in [-0.2, -0.15) is 20.8 Å². The third-order valence-electron chi connectivity index (χ3n) is 3.08. The highest BCUT2D eigenvalue weighted by Gasteiger charge is 2.28. The van der Waals surface area contributed by atoms with Crippen LogP contribution in [0.3, 0.4) is 0 Å². The fourth-order valence-electron chi connectivity index (χ4n) is 1.64. The summed E-state index contributed by atoms with van der Waals surface area (Å²) in [5.41, 5.74) is -2.39. The van der Waals surface area contributed by atoms with Gasteiger partial charge in [0.1, 0.15) is 0 Å². The first-order chi connectivity index (χ1) is 10.2. The van der Waals surface area contributed by atoms with Gasteiger partial charge < -0.3 is 10.2 Å². The lowest BCUT2D eigenvalue weighted by atomic mass is 9.96. The van der Waals surface area contributed by atoms with Crippen molar-refractivity contribution in [3.8, 4) is 12.1 Å². The highest BCUT2D eigenvalue weighted by molar-refractivity contribution is 5.66. The second-order valence-corrected chi connectivity index (χ2v) is 5.47. The number of rotatable bonds is 10. The number of azo groups is 1. The van der Waals surface area contributed by atoms with Crippen molar-refractivity contribution >= 4 is 11.9 Å². The Morgan fingerprint density at radius 1 is 0.909 bits per heavy atom. The van der Waals surface area contributed by atoms with E-state index >= 15 is 0 Å². The molecule has 2 N–H and O–H groups in total. The average molecular weight is 308 g/mol. The highest BCUT2D eigenvalue weighted by atomic mass is 16.4. The molecule has 2 atom stereocenters. The van der Waals surface area contributed by atoms with E-state index in [0.29, 0.717) is 0 Å². The number of carbonyl (C=O) groups is 2. The van der Waals surface area contributed by atoms with E-state index < -0.39 is 23.0 Å². The summed E-state index contributed by atoms with van der Waals surface area (Å²) in [7, 11) is 0. The van der Waals surface area contributed by atoms with Gasteiger partial charge in [-0.25, -0.2) is 0 Å². The summed E-state index contributed by atoms with van der Waals surface area (Å²) in [6.45, 7) is 3.04. The average Bonchev–Trinajstić information content (AvgIpc) is 2.44. The number of hydrogen-bond acceptors (Lipinski definition) is 6. The van der Waals surface area contributed by atoms with Crippen molar-refractivity contribution in [2.24, 2.45) is 10.2 Å². The molecular formula is C14H20N4O4. The van der Waals surface area contributed by atoms with Gasteiger partial charge in [-0.05, 0) is 39.5 Å². The number of aliphatic carboxylic acids is 2. The van der Waals surface area contributed by atoms with Crippen molar-refractivity contribution in [3.63, 3.8) is 0 Å². The summed E-state index contributed by atoms with van der Waals surface area (Å²) in [6.07, 6.45) is 0.856. The van der Waals surface area contributed by atoms with E-state index in [-0.39, 0.29) is 38.5 Å². The maximum atomic E-state index is 10.5. The van der Waals surface area contributed by atoms with Gasteiger partial charge >= 0.3 is 11.9 Å². The fraction of sp³-hybridized carbons (Fsp3) is 0.714. The molecule has 0 aliphatic carbocycles. The standard InChI is InChI=1S/C14H20N4O4/c1-13(9-15,7-3-5-11(19)20)17-18-14(2,10-16)8-4-6-12(21)22/h3-8H2,1-2H3,(H,19,20)(H,21,22)/b18-17+. The SMILES string of the molecule is CC(C#N)(CCCC(=O)O)/N=N/C(C)(C#N)CCCC(=O)O. The lowest BCUT2D eigenvalue weighted by Crippen LogP contribution is -2.24. The Morgan fingerprint density at radius 3 is 1.45 bits per heavy atom. The van der Waals surface area contributed by atoms with Crippen LogP contribution >= 0.6 is 0 Å². The molecule has 0 spiro atoms. The molecule has 0 heterocycles. The van der Waals surface area contributed by atoms with Gasteiger partial charge in [0.2, 0.25) is 0 Å². The monoisotopic (exact) mass is 308 g/mol. The van der Waals surface area contributed by atoms with Gasteiger partial charge in [0.05, 0.1) is 12.1 Å². The first-order valence-electron chi connectivity index (χ1n) is 6.86. The molecule has 8 nitrogen and oxygen atoms in total. The molecule has 22 heavy (non-hydrogen) atoms. The first kappa shape index (κ1) is 19.5. The lowest BCUT2D eigenvalue weighted by molar-refractivity contribution is -0.138. The Labute approximate surface area is 129 Å². The summed E-state index contributed by atoms with van der Waals surface area (Å²) in [4.78, 5) is 21.0. The molecule has 0 aromatic heterocycles. The van der Waals surface area contributed by atoms with E-state index in [0.717, 1.165) is 0 Å². The minimum Gasteiger partial charge on any atom is -0.481 e. The van der Waals surface area contributed by atoms with Crippen molar-refractivity contribution in [1.82, 2.24) is 0 Å². The molecule has 0 amide bonds. The number of hydrogen-bond donors (Lipinski definition) is 2. The van der Waals surface area contributed by atoms with E-state index in [1.165, 1.54) is 13.8 Å². The predicted molar refractivity (Wildman–Crippen MR) is 75.9 cm³/mol. The maximum Gasteiger partial charge on any atom is 0.303 e. The van der Waals surface area contributed by atoms with E-state index in [2.05, 4.69) is 10.2 Å². The normalized spacial score (nSPS) is 16.2. The molecular weight excluding hydrogens is 288 g/mol. The third kappa shape index (κ3) is 7.95. The maximum absolute atomic E-state index is 10.5. The van der Waals surface area contributed by atoms with Crippen molar-refractivity contribution in [2.75, 3.05) is 0 Å². The molecule has 0 rings (SSSR count). The molecule has 0 saturated heterocycles. The predicted octanol–water partition coefficient (Wildman–Crippen LogP) is 2.51. The molecule has 0 saturated carbocycles. The highest BCUT2D eigenvalue weighted by Crippen LogP contribution is 2.24. The number of carboxylic acids is 2. The molecule has 0 aliphatic rings. The summed E-state index contributed by atoms with van der Waals surface area (Å²) in [6, 6.07) is 3.93.